The van der Waals surface area contributed by atoms with E-state index in [0.29, 0.717) is 6.42 Å². The number of ether oxygens (including phenoxy) is 1. The zero-order valence-corrected chi connectivity index (χ0v) is 12.8. The first-order valence-electron chi connectivity index (χ1n) is 8.18. The average molecular weight is 269 g/mol. The molecule has 1 fully saturated rings. The molecule has 0 aromatic heterocycles. The van der Waals surface area contributed by atoms with E-state index < -0.39 is 0 Å². The Hall–Kier alpha value is -0.570. The number of unbranched alkanes of at least 4 members (excludes halogenated alkanes) is 2. The topological polar surface area (TPSA) is 29.5 Å². The molecule has 3 nitrogen and oxygen atoms in total. The van der Waals surface area contributed by atoms with Crippen LogP contribution in [0.2, 0.25) is 0 Å². The minimum absolute atomic E-state index is 0.0118. The molecule has 0 bridgehead atoms. The number of nitrogens with zero attached hydrogens (tertiary/aromatic N) is 1. The predicted molar refractivity (Wildman–Crippen MR) is 79.2 cm³/mol. The molecular weight excluding hydrogens is 238 g/mol. The molecule has 0 unspecified atom stereocenters. The van der Waals surface area contributed by atoms with Gasteiger partial charge in [0.1, 0.15) is 6.10 Å². The van der Waals surface area contributed by atoms with Crippen LogP contribution in [0, 0.1) is 0 Å². The van der Waals surface area contributed by atoms with Crippen molar-refractivity contribution in [2.24, 2.45) is 0 Å². The molecule has 3 heteroatoms. The predicted octanol–water partition coefficient (Wildman–Crippen LogP) is 3.76. The van der Waals surface area contributed by atoms with Crippen LogP contribution >= 0.6 is 0 Å². The van der Waals surface area contributed by atoms with Crippen LogP contribution in [0.25, 0.3) is 0 Å². The molecule has 0 N–H and O–H groups in total. The van der Waals surface area contributed by atoms with Gasteiger partial charge in [0.15, 0.2) is 0 Å². The number of carbonyl (C=O) groups is 1. The smallest absolute Gasteiger partial charge is 0.306 e. The first-order valence-corrected chi connectivity index (χ1v) is 8.18. The largest absolute Gasteiger partial charge is 0.462 e. The highest BCUT2D eigenvalue weighted by Gasteiger charge is 2.16. The lowest BCUT2D eigenvalue weighted by Crippen LogP contribution is -2.37. The Morgan fingerprint density at radius 1 is 1.11 bits per heavy atom. The van der Waals surface area contributed by atoms with Crippen molar-refractivity contribution in [3.63, 3.8) is 0 Å². The first kappa shape index (κ1) is 16.5. The van der Waals surface area contributed by atoms with E-state index in [4.69, 9.17) is 4.74 Å². The molecule has 0 amide bonds. The van der Waals surface area contributed by atoms with Crippen LogP contribution in [-0.2, 0) is 9.53 Å². The first-order chi connectivity index (χ1) is 9.26. The quantitative estimate of drug-likeness (QED) is 0.535. The Bertz CT molecular complexity index is 231. The van der Waals surface area contributed by atoms with Crippen LogP contribution in [0.15, 0.2) is 0 Å². The fourth-order valence-electron chi connectivity index (χ4n) is 2.42. The highest BCUT2D eigenvalue weighted by molar-refractivity contribution is 5.69. The van der Waals surface area contributed by atoms with Gasteiger partial charge in [0.05, 0.1) is 0 Å². The van der Waals surface area contributed by atoms with Gasteiger partial charge in [-0.25, -0.2) is 0 Å². The van der Waals surface area contributed by atoms with Crippen LogP contribution in [-0.4, -0.2) is 36.6 Å². The van der Waals surface area contributed by atoms with E-state index in [0.717, 1.165) is 38.6 Å². The third-order valence-corrected chi connectivity index (χ3v) is 3.86. The molecule has 0 saturated carbocycles. The van der Waals surface area contributed by atoms with Gasteiger partial charge < -0.3 is 9.64 Å². The third kappa shape index (κ3) is 7.56. The molecule has 0 aliphatic carbocycles. The molecular formula is C16H31NO2. The molecule has 0 aromatic rings. The standard InChI is InChI=1S/C16H31NO2/c1-3-5-9-15(10-6-4-2)19-16(18)11-7-12-17-13-8-14-17/h15H,3-14H2,1-2H3. The highest BCUT2D eigenvalue weighted by Crippen LogP contribution is 2.14. The fraction of sp³-hybridized carbons (Fsp3) is 0.938. The van der Waals surface area contributed by atoms with E-state index in [9.17, 15) is 4.79 Å². The number of hydrogen-bond donors (Lipinski definition) is 0. The lowest BCUT2D eigenvalue weighted by molar-refractivity contribution is -0.150. The van der Waals surface area contributed by atoms with Crippen LogP contribution in [0.4, 0.5) is 0 Å². The van der Waals surface area contributed by atoms with Crippen LogP contribution in [0.1, 0.15) is 71.6 Å². The average Bonchev–Trinajstić information content (AvgIpc) is 2.35. The summed E-state index contributed by atoms with van der Waals surface area (Å²) in [7, 11) is 0. The van der Waals surface area contributed by atoms with Gasteiger partial charge in [-0.3, -0.25) is 4.79 Å². The zero-order chi connectivity index (χ0) is 13.9. The molecule has 0 spiro atoms. The molecule has 1 saturated heterocycles. The summed E-state index contributed by atoms with van der Waals surface area (Å²) in [6.45, 7) is 7.86. The molecule has 19 heavy (non-hydrogen) atoms. The Labute approximate surface area is 118 Å². The summed E-state index contributed by atoms with van der Waals surface area (Å²) >= 11 is 0. The molecule has 0 aromatic carbocycles. The van der Waals surface area contributed by atoms with Gasteiger partial charge in [-0.05, 0) is 45.3 Å². The second-order valence-corrected chi connectivity index (χ2v) is 5.70. The van der Waals surface area contributed by atoms with Crippen molar-refractivity contribution in [2.45, 2.75) is 77.7 Å². The minimum atomic E-state index is 0.0118. The van der Waals surface area contributed by atoms with E-state index in [1.807, 2.05) is 0 Å². The van der Waals surface area contributed by atoms with Crippen LogP contribution in [0.3, 0.4) is 0 Å². The molecule has 0 radical (unpaired) electrons. The Balaban J connectivity index is 2.12. The number of hydrogen-bond acceptors (Lipinski definition) is 3. The van der Waals surface area contributed by atoms with Crippen molar-refractivity contribution in [3.05, 3.63) is 0 Å². The molecule has 112 valence electrons. The van der Waals surface area contributed by atoms with E-state index in [1.165, 1.54) is 32.4 Å². The lowest BCUT2D eigenvalue weighted by Gasteiger charge is -2.30. The minimum Gasteiger partial charge on any atom is -0.462 e. The van der Waals surface area contributed by atoms with E-state index in [-0.39, 0.29) is 12.1 Å². The number of esters is 1. The normalized spacial score (nSPS) is 15.5. The number of carbonyl (C=O) groups excluding carboxylic acids is 1. The van der Waals surface area contributed by atoms with Crippen molar-refractivity contribution in [3.8, 4) is 0 Å². The van der Waals surface area contributed by atoms with Gasteiger partial charge in [-0.2, -0.15) is 0 Å². The summed E-state index contributed by atoms with van der Waals surface area (Å²) in [4.78, 5) is 14.2. The third-order valence-electron chi connectivity index (χ3n) is 3.86. The van der Waals surface area contributed by atoms with Gasteiger partial charge in [0.2, 0.25) is 0 Å². The van der Waals surface area contributed by atoms with Gasteiger partial charge >= 0.3 is 5.97 Å². The molecule has 1 rings (SSSR count). The summed E-state index contributed by atoms with van der Waals surface area (Å²) in [6.07, 6.45) is 9.77. The lowest BCUT2D eigenvalue weighted by atomic mass is 10.1. The van der Waals surface area contributed by atoms with Crippen molar-refractivity contribution >= 4 is 5.97 Å². The van der Waals surface area contributed by atoms with Crippen LogP contribution in [0.5, 0.6) is 0 Å². The number of likely N-dealkylation sites (tertiary alicyclic amines) is 1. The summed E-state index contributed by atoms with van der Waals surface area (Å²) in [5, 5.41) is 0. The maximum Gasteiger partial charge on any atom is 0.306 e. The van der Waals surface area contributed by atoms with Crippen molar-refractivity contribution < 1.29 is 9.53 Å². The van der Waals surface area contributed by atoms with Crippen molar-refractivity contribution in [1.29, 1.82) is 0 Å². The van der Waals surface area contributed by atoms with Gasteiger partial charge in [0, 0.05) is 6.42 Å². The monoisotopic (exact) mass is 269 g/mol. The SMILES string of the molecule is CCCCC(CCCC)OC(=O)CCCN1CCC1. The van der Waals surface area contributed by atoms with E-state index >= 15 is 0 Å². The van der Waals surface area contributed by atoms with Crippen LogP contribution < -0.4 is 0 Å². The molecule has 0 atom stereocenters. The second kappa shape index (κ2) is 10.2. The summed E-state index contributed by atoms with van der Waals surface area (Å²) < 4.78 is 5.63. The number of rotatable bonds is 11. The van der Waals surface area contributed by atoms with Crippen molar-refractivity contribution in [2.75, 3.05) is 19.6 Å². The second-order valence-electron chi connectivity index (χ2n) is 5.70. The molecule has 1 heterocycles. The van der Waals surface area contributed by atoms with E-state index in [2.05, 4.69) is 18.7 Å². The summed E-state index contributed by atoms with van der Waals surface area (Å²) in [5.41, 5.74) is 0. The Morgan fingerprint density at radius 2 is 1.74 bits per heavy atom. The van der Waals surface area contributed by atoms with Gasteiger partial charge in [-0.15, -0.1) is 0 Å². The highest BCUT2D eigenvalue weighted by atomic mass is 16.5. The maximum atomic E-state index is 11.8. The fourth-order valence-corrected chi connectivity index (χ4v) is 2.42. The Morgan fingerprint density at radius 3 is 2.21 bits per heavy atom. The summed E-state index contributed by atoms with van der Waals surface area (Å²) in [6, 6.07) is 0. The molecule has 1 aliphatic heterocycles. The zero-order valence-electron chi connectivity index (χ0n) is 12.8. The Kier molecular flexibility index (Phi) is 8.89. The van der Waals surface area contributed by atoms with Crippen molar-refractivity contribution in [1.82, 2.24) is 4.90 Å². The summed E-state index contributed by atoms with van der Waals surface area (Å²) in [5.74, 6) is 0.0118. The van der Waals surface area contributed by atoms with Gasteiger partial charge in [0.25, 0.3) is 0 Å². The van der Waals surface area contributed by atoms with E-state index in [1.54, 1.807) is 0 Å². The van der Waals surface area contributed by atoms with Gasteiger partial charge in [-0.1, -0.05) is 39.5 Å². The molecule has 1 aliphatic rings. The maximum absolute atomic E-state index is 11.8.